The molecule has 0 saturated heterocycles. The molecule has 4 aliphatic carbocycles. The van der Waals surface area contributed by atoms with Gasteiger partial charge >= 0.3 is 0 Å². The fourth-order valence-corrected chi connectivity index (χ4v) is 10.4. The van der Waals surface area contributed by atoms with E-state index < -0.39 is 9.84 Å². The maximum Gasteiger partial charge on any atom is 0.164 e. The lowest BCUT2D eigenvalue weighted by Gasteiger charge is -2.44. The second-order valence-electron chi connectivity index (χ2n) is 12.6. The molecule has 0 amide bonds. The number of allylic oxidation sites excluding steroid dienone is 2. The summed E-state index contributed by atoms with van der Waals surface area (Å²) < 4.78 is 26.6. The second kappa shape index (κ2) is 8.66. The van der Waals surface area contributed by atoms with Crippen molar-refractivity contribution in [3.8, 4) is 0 Å². The van der Waals surface area contributed by atoms with Crippen LogP contribution < -0.4 is 0 Å². The molecule has 0 aromatic heterocycles. The topological polar surface area (TPSA) is 54.4 Å². The zero-order valence-corrected chi connectivity index (χ0v) is 21.9. The van der Waals surface area contributed by atoms with Crippen LogP contribution in [-0.4, -0.2) is 30.6 Å². The molecule has 0 aromatic rings. The van der Waals surface area contributed by atoms with E-state index in [1.807, 2.05) is 0 Å². The molecule has 0 spiro atoms. The van der Waals surface area contributed by atoms with E-state index in [0.29, 0.717) is 41.3 Å². The molecule has 0 aromatic carbocycles. The van der Waals surface area contributed by atoms with Gasteiger partial charge in [0.2, 0.25) is 0 Å². The van der Waals surface area contributed by atoms with Crippen molar-refractivity contribution in [3.63, 3.8) is 0 Å². The molecule has 0 radical (unpaired) electrons. The average Bonchev–Trinajstić information content (AvgIpc) is 3.48. The molecule has 1 heterocycles. The lowest BCUT2D eigenvalue weighted by Crippen LogP contribution is -2.36. The first-order valence-electron chi connectivity index (χ1n) is 13.6. The molecule has 1 aliphatic heterocycles. The van der Waals surface area contributed by atoms with Crippen LogP contribution in [0, 0.1) is 40.9 Å². The highest BCUT2D eigenvalue weighted by Gasteiger charge is 2.51. The Morgan fingerprint density at radius 3 is 2.58 bits per heavy atom. The maximum atomic E-state index is 13.3. The molecule has 3 fully saturated rings. The van der Waals surface area contributed by atoms with Gasteiger partial charge in [0.15, 0.2) is 9.84 Å². The van der Waals surface area contributed by atoms with E-state index in [9.17, 15) is 13.5 Å². The van der Waals surface area contributed by atoms with E-state index in [0.717, 1.165) is 32.1 Å². The van der Waals surface area contributed by atoms with E-state index in [-0.39, 0.29) is 16.8 Å². The van der Waals surface area contributed by atoms with Crippen LogP contribution >= 0.6 is 0 Å². The van der Waals surface area contributed by atoms with Gasteiger partial charge in [0.05, 0.1) is 11.9 Å². The highest BCUT2D eigenvalue weighted by atomic mass is 32.2. The van der Waals surface area contributed by atoms with E-state index in [1.54, 1.807) is 0 Å². The molecule has 5 rings (SSSR count). The minimum Gasteiger partial charge on any atom is -0.389 e. The van der Waals surface area contributed by atoms with E-state index in [1.165, 1.54) is 42.4 Å². The van der Waals surface area contributed by atoms with Gasteiger partial charge in [0, 0.05) is 0 Å². The molecule has 2 unspecified atom stereocenters. The van der Waals surface area contributed by atoms with Crippen molar-refractivity contribution >= 4 is 9.84 Å². The van der Waals surface area contributed by atoms with Crippen LogP contribution in [0.4, 0.5) is 0 Å². The van der Waals surface area contributed by atoms with Crippen LogP contribution in [0.5, 0.6) is 0 Å². The van der Waals surface area contributed by atoms with Crippen molar-refractivity contribution in [1.82, 2.24) is 0 Å². The Hall–Kier alpha value is -0.870. The number of sulfone groups is 1. The number of aliphatic hydroxyl groups excluding tert-OH is 1. The quantitative estimate of drug-likeness (QED) is 0.481. The Labute approximate surface area is 201 Å². The molecule has 3 saturated carbocycles. The first-order chi connectivity index (χ1) is 15.6. The first kappa shape index (κ1) is 23.9. The first-order valence-corrected chi connectivity index (χ1v) is 15.3. The molecule has 184 valence electrons. The third-order valence-corrected chi connectivity index (χ3v) is 12.1. The van der Waals surface area contributed by atoms with Crippen molar-refractivity contribution in [1.29, 1.82) is 0 Å². The van der Waals surface area contributed by atoms with Crippen molar-refractivity contribution in [2.24, 2.45) is 40.9 Å². The fourth-order valence-electron chi connectivity index (χ4n) is 8.27. The molecule has 4 heteroatoms. The minimum atomic E-state index is -3.11. The summed E-state index contributed by atoms with van der Waals surface area (Å²) in [5.41, 5.74) is 4.17. The van der Waals surface area contributed by atoms with Gasteiger partial charge in [0.25, 0.3) is 0 Å². The number of rotatable bonds is 5. The lowest BCUT2D eigenvalue weighted by molar-refractivity contribution is 0.111. The van der Waals surface area contributed by atoms with Crippen LogP contribution in [-0.2, 0) is 9.84 Å². The summed E-state index contributed by atoms with van der Waals surface area (Å²) in [6.45, 7) is 9.31. The maximum absolute atomic E-state index is 13.3. The summed E-state index contributed by atoms with van der Waals surface area (Å²) in [5.74, 6) is 3.35. The van der Waals surface area contributed by atoms with Gasteiger partial charge in [-0.05, 0) is 104 Å². The van der Waals surface area contributed by atoms with Gasteiger partial charge < -0.3 is 5.11 Å². The smallest absolute Gasteiger partial charge is 0.164 e. The Kier molecular flexibility index (Phi) is 6.26. The normalized spacial score (nSPS) is 43.7. The molecular formula is C29H44O3S. The predicted molar refractivity (Wildman–Crippen MR) is 135 cm³/mol. The highest BCUT2D eigenvalue weighted by Crippen LogP contribution is 2.60. The summed E-state index contributed by atoms with van der Waals surface area (Å²) in [4.78, 5) is 0. The molecule has 5 aliphatic rings. The summed E-state index contributed by atoms with van der Waals surface area (Å²) in [5, 5.41) is 9.94. The van der Waals surface area contributed by atoms with Gasteiger partial charge in [0.1, 0.15) is 5.25 Å². The molecule has 0 bridgehead atoms. The SMILES string of the molecule is C[C@@H]1CC2=C(CS(=O)(=O)C2/C=C2\CCC[C@]3(C)C([C@H](C)/C=C/[C@@H](O)C4CC4)CC[C@@H]23)[C@@H](C)C1. The van der Waals surface area contributed by atoms with Crippen LogP contribution in [0.25, 0.3) is 0 Å². The summed E-state index contributed by atoms with van der Waals surface area (Å²) in [6.07, 6.45) is 16.6. The number of fused-ring (bicyclic) bond motifs is 1. The third-order valence-electron chi connectivity index (χ3n) is 10.2. The third kappa shape index (κ3) is 4.33. The van der Waals surface area contributed by atoms with E-state index in [2.05, 4.69) is 45.9 Å². The zero-order chi connectivity index (χ0) is 23.5. The second-order valence-corrected chi connectivity index (χ2v) is 14.8. The monoisotopic (exact) mass is 472 g/mol. The summed E-state index contributed by atoms with van der Waals surface area (Å²) in [7, 11) is -3.11. The Bertz CT molecular complexity index is 969. The average molecular weight is 473 g/mol. The van der Waals surface area contributed by atoms with Gasteiger partial charge in [-0.1, -0.05) is 57.1 Å². The molecule has 3 nitrogen and oxygen atoms in total. The van der Waals surface area contributed by atoms with Gasteiger partial charge in [-0.15, -0.1) is 0 Å². The van der Waals surface area contributed by atoms with Gasteiger partial charge in [-0.2, -0.15) is 0 Å². The Morgan fingerprint density at radius 2 is 1.85 bits per heavy atom. The molecule has 1 N–H and O–H groups in total. The van der Waals surface area contributed by atoms with E-state index >= 15 is 0 Å². The standard InChI is InChI=1S/C29H44O3S/c1-18-14-20(3)24-17-33(31,32)28(23(24)15-18)16-22-6-5-13-29(4)25(10-11-26(22)29)19(2)7-12-27(30)21-8-9-21/h7,12,16,18-21,25-28,30H,5-6,8-11,13-15,17H2,1-4H3/b12-7+,22-16+/t18-,19+,20-,25?,26-,27+,28?,29+/m0/s1. The summed E-state index contributed by atoms with van der Waals surface area (Å²) >= 11 is 0. The Balaban J connectivity index is 1.39. The zero-order valence-electron chi connectivity index (χ0n) is 21.1. The van der Waals surface area contributed by atoms with E-state index in [4.69, 9.17) is 0 Å². The largest absolute Gasteiger partial charge is 0.389 e. The summed E-state index contributed by atoms with van der Waals surface area (Å²) in [6, 6.07) is 0. The van der Waals surface area contributed by atoms with Gasteiger partial charge in [-0.25, -0.2) is 8.42 Å². The van der Waals surface area contributed by atoms with Crippen LogP contribution in [0.3, 0.4) is 0 Å². The number of hydrogen-bond acceptors (Lipinski definition) is 3. The van der Waals surface area contributed by atoms with Crippen LogP contribution in [0.1, 0.15) is 85.5 Å². The lowest BCUT2D eigenvalue weighted by atomic mass is 9.61. The van der Waals surface area contributed by atoms with Crippen molar-refractivity contribution < 1.29 is 13.5 Å². The fraction of sp³-hybridized carbons (Fsp3) is 0.793. The van der Waals surface area contributed by atoms with Crippen LogP contribution in [0.15, 0.2) is 34.9 Å². The van der Waals surface area contributed by atoms with Gasteiger partial charge in [-0.3, -0.25) is 0 Å². The van der Waals surface area contributed by atoms with Crippen molar-refractivity contribution in [3.05, 3.63) is 34.9 Å². The van der Waals surface area contributed by atoms with Crippen molar-refractivity contribution in [2.45, 2.75) is 96.8 Å². The van der Waals surface area contributed by atoms with Crippen molar-refractivity contribution in [2.75, 3.05) is 5.75 Å². The minimum absolute atomic E-state index is 0.241. The molecule has 8 atom stereocenters. The number of hydrogen-bond donors (Lipinski definition) is 1. The van der Waals surface area contributed by atoms with Crippen LogP contribution in [0.2, 0.25) is 0 Å². The Morgan fingerprint density at radius 1 is 1.09 bits per heavy atom. The predicted octanol–water partition coefficient (Wildman–Crippen LogP) is 6.25. The molecule has 33 heavy (non-hydrogen) atoms. The number of aliphatic hydroxyl groups is 1. The highest BCUT2D eigenvalue weighted by molar-refractivity contribution is 7.92. The molecular weight excluding hydrogens is 428 g/mol.